The van der Waals surface area contributed by atoms with Crippen LogP contribution in [-0.2, 0) is 7.05 Å². The maximum Gasteiger partial charge on any atom is 0.0796 e. The Morgan fingerprint density at radius 2 is 2.28 bits per heavy atom. The Morgan fingerprint density at radius 3 is 2.83 bits per heavy atom. The average Bonchev–Trinajstić information content (AvgIpc) is 2.99. The van der Waals surface area contributed by atoms with Gasteiger partial charge in [0, 0.05) is 13.2 Å². The van der Waals surface area contributed by atoms with Gasteiger partial charge in [0.15, 0.2) is 0 Å². The normalized spacial score (nSPS) is 25.5. The maximum absolute atomic E-state index is 4.61. The van der Waals surface area contributed by atoms with Crippen LogP contribution in [0.3, 0.4) is 0 Å². The summed E-state index contributed by atoms with van der Waals surface area (Å²) in [5.74, 6) is 1.71. The molecule has 0 bridgehead atoms. The Kier molecular flexibility index (Phi) is 4.81. The van der Waals surface area contributed by atoms with Crippen molar-refractivity contribution in [2.24, 2.45) is 18.9 Å². The van der Waals surface area contributed by atoms with Crippen LogP contribution in [0, 0.1) is 11.8 Å². The van der Waals surface area contributed by atoms with Crippen molar-refractivity contribution in [3.8, 4) is 0 Å². The van der Waals surface area contributed by atoms with Crippen LogP contribution in [0.5, 0.6) is 0 Å². The molecule has 0 saturated heterocycles. The highest BCUT2D eigenvalue weighted by Crippen LogP contribution is 2.39. The van der Waals surface area contributed by atoms with Crippen LogP contribution in [0.25, 0.3) is 0 Å². The quantitative estimate of drug-likeness (QED) is 0.838. The third kappa shape index (κ3) is 3.14. The first-order chi connectivity index (χ1) is 8.74. The van der Waals surface area contributed by atoms with Crippen LogP contribution in [0.4, 0.5) is 0 Å². The first kappa shape index (κ1) is 13.6. The molecule has 1 saturated carbocycles. The predicted octanol–water partition coefficient (Wildman–Crippen LogP) is 3.29. The van der Waals surface area contributed by atoms with Gasteiger partial charge in [0.25, 0.3) is 0 Å². The van der Waals surface area contributed by atoms with Crippen molar-refractivity contribution < 1.29 is 0 Å². The zero-order chi connectivity index (χ0) is 13.0. The number of rotatable bonds is 6. The van der Waals surface area contributed by atoms with E-state index in [1.807, 2.05) is 11.7 Å². The topological polar surface area (TPSA) is 29.9 Å². The third-order valence-electron chi connectivity index (χ3n) is 4.30. The van der Waals surface area contributed by atoms with Gasteiger partial charge in [-0.15, -0.1) is 0 Å². The summed E-state index contributed by atoms with van der Waals surface area (Å²) >= 11 is 0. The molecule has 3 atom stereocenters. The van der Waals surface area contributed by atoms with Gasteiger partial charge in [0.2, 0.25) is 0 Å². The third-order valence-corrected chi connectivity index (χ3v) is 4.30. The van der Waals surface area contributed by atoms with Crippen molar-refractivity contribution >= 4 is 0 Å². The first-order valence-corrected chi connectivity index (χ1v) is 7.47. The lowest BCUT2D eigenvalue weighted by Crippen LogP contribution is -2.28. The molecule has 3 heteroatoms. The van der Waals surface area contributed by atoms with Gasteiger partial charge in [-0.05, 0) is 43.7 Å². The Bertz CT molecular complexity index is 358. The zero-order valence-corrected chi connectivity index (χ0v) is 12.0. The molecule has 0 radical (unpaired) electrons. The van der Waals surface area contributed by atoms with Crippen LogP contribution >= 0.6 is 0 Å². The fraction of sp³-hybridized carbons (Fsp3) is 0.800. The van der Waals surface area contributed by atoms with Gasteiger partial charge in [-0.2, -0.15) is 5.10 Å². The molecular weight excluding hydrogens is 222 g/mol. The van der Waals surface area contributed by atoms with E-state index in [1.54, 1.807) is 0 Å². The summed E-state index contributed by atoms with van der Waals surface area (Å²) in [6.45, 7) is 5.64. The van der Waals surface area contributed by atoms with E-state index in [0.717, 1.165) is 18.4 Å². The molecule has 102 valence electrons. The summed E-state index contributed by atoms with van der Waals surface area (Å²) in [6, 6.07) is 2.63. The number of hydrogen-bond acceptors (Lipinski definition) is 2. The van der Waals surface area contributed by atoms with E-state index in [0.29, 0.717) is 6.04 Å². The first-order valence-electron chi connectivity index (χ1n) is 7.47. The highest BCUT2D eigenvalue weighted by atomic mass is 15.3. The van der Waals surface area contributed by atoms with Gasteiger partial charge in [-0.1, -0.05) is 26.7 Å². The van der Waals surface area contributed by atoms with Crippen LogP contribution < -0.4 is 5.32 Å². The second kappa shape index (κ2) is 6.37. The molecular formula is C15H27N3. The van der Waals surface area contributed by atoms with E-state index in [9.17, 15) is 0 Å². The molecule has 1 fully saturated rings. The highest BCUT2D eigenvalue weighted by Gasteiger charge is 2.31. The lowest BCUT2D eigenvalue weighted by molar-refractivity contribution is 0.346. The van der Waals surface area contributed by atoms with Crippen molar-refractivity contribution in [1.82, 2.24) is 15.1 Å². The standard InChI is InChI=1S/C15H27N3/c1-4-9-16-15(14-8-10-18(3)17-14)13-7-6-12(5-2)11-13/h8,10,12-13,15-16H,4-7,9,11H2,1-3H3. The second-order valence-corrected chi connectivity index (χ2v) is 5.69. The summed E-state index contributed by atoms with van der Waals surface area (Å²) in [6.07, 6.45) is 8.71. The Hall–Kier alpha value is -0.830. The summed E-state index contributed by atoms with van der Waals surface area (Å²) in [4.78, 5) is 0. The summed E-state index contributed by atoms with van der Waals surface area (Å²) < 4.78 is 1.92. The molecule has 3 unspecified atom stereocenters. The van der Waals surface area contributed by atoms with Gasteiger partial charge < -0.3 is 5.32 Å². The summed E-state index contributed by atoms with van der Waals surface area (Å²) in [5.41, 5.74) is 1.23. The molecule has 18 heavy (non-hydrogen) atoms. The van der Waals surface area contributed by atoms with Crippen LogP contribution in [-0.4, -0.2) is 16.3 Å². The largest absolute Gasteiger partial charge is 0.308 e. The van der Waals surface area contributed by atoms with Crippen molar-refractivity contribution in [3.63, 3.8) is 0 Å². The molecule has 1 aliphatic rings. The van der Waals surface area contributed by atoms with Gasteiger partial charge in [0.1, 0.15) is 0 Å². The van der Waals surface area contributed by atoms with Gasteiger partial charge >= 0.3 is 0 Å². The minimum absolute atomic E-state index is 0.461. The van der Waals surface area contributed by atoms with Crippen molar-refractivity contribution in [1.29, 1.82) is 0 Å². The Balaban J connectivity index is 2.05. The smallest absolute Gasteiger partial charge is 0.0796 e. The molecule has 1 N–H and O–H groups in total. The van der Waals surface area contributed by atoms with Gasteiger partial charge in [-0.25, -0.2) is 0 Å². The van der Waals surface area contributed by atoms with Crippen molar-refractivity contribution in [2.45, 2.75) is 52.0 Å². The number of nitrogens with one attached hydrogen (secondary N) is 1. The highest BCUT2D eigenvalue weighted by molar-refractivity contribution is 5.08. The lowest BCUT2D eigenvalue weighted by atomic mass is 9.93. The fourth-order valence-electron chi connectivity index (χ4n) is 3.20. The summed E-state index contributed by atoms with van der Waals surface area (Å²) in [7, 11) is 2.00. The summed E-state index contributed by atoms with van der Waals surface area (Å²) in [5, 5.41) is 8.32. The zero-order valence-electron chi connectivity index (χ0n) is 12.0. The molecule has 0 aliphatic heterocycles. The molecule has 1 aromatic rings. The van der Waals surface area contributed by atoms with E-state index >= 15 is 0 Å². The van der Waals surface area contributed by atoms with Gasteiger partial charge in [0.05, 0.1) is 11.7 Å². The van der Waals surface area contributed by atoms with E-state index in [2.05, 4.69) is 36.5 Å². The lowest BCUT2D eigenvalue weighted by Gasteiger charge is -2.23. The maximum atomic E-state index is 4.61. The number of aryl methyl sites for hydroxylation is 1. The molecule has 1 heterocycles. The molecule has 2 rings (SSSR count). The van der Waals surface area contributed by atoms with Crippen LogP contribution in [0.1, 0.15) is 57.7 Å². The number of hydrogen-bond donors (Lipinski definition) is 1. The minimum Gasteiger partial charge on any atom is -0.308 e. The van der Waals surface area contributed by atoms with Crippen molar-refractivity contribution in [2.75, 3.05) is 6.54 Å². The molecule has 1 aromatic heterocycles. The van der Waals surface area contributed by atoms with Gasteiger partial charge in [-0.3, -0.25) is 4.68 Å². The number of nitrogens with zero attached hydrogens (tertiary/aromatic N) is 2. The van der Waals surface area contributed by atoms with Crippen LogP contribution in [0.15, 0.2) is 12.3 Å². The average molecular weight is 249 g/mol. The number of aromatic nitrogens is 2. The van der Waals surface area contributed by atoms with Crippen LogP contribution in [0.2, 0.25) is 0 Å². The van der Waals surface area contributed by atoms with Crippen molar-refractivity contribution in [3.05, 3.63) is 18.0 Å². The fourth-order valence-corrected chi connectivity index (χ4v) is 3.20. The predicted molar refractivity (Wildman–Crippen MR) is 75.4 cm³/mol. The SMILES string of the molecule is CCCNC(c1ccn(C)n1)C1CCC(CC)C1. The van der Waals surface area contributed by atoms with E-state index in [1.165, 1.54) is 37.8 Å². The molecule has 0 amide bonds. The second-order valence-electron chi connectivity index (χ2n) is 5.69. The minimum atomic E-state index is 0.461. The van der Waals surface area contributed by atoms with E-state index in [-0.39, 0.29) is 0 Å². The van der Waals surface area contributed by atoms with E-state index < -0.39 is 0 Å². The Morgan fingerprint density at radius 1 is 1.44 bits per heavy atom. The molecule has 0 aromatic carbocycles. The molecule has 1 aliphatic carbocycles. The molecule has 3 nitrogen and oxygen atoms in total. The molecule has 0 spiro atoms. The Labute approximate surface area is 111 Å². The van der Waals surface area contributed by atoms with E-state index in [4.69, 9.17) is 0 Å². The monoisotopic (exact) mass is 249 g/mol.